The van der Waals surface area contributed by atoms with Gasteiger partial charge in [-0.2, -0.15) is 0 Å². The number of hydrogen-bond acceptors (Lipinski definition) is 5. The van der Waals surface area contributed by atoms with E-state index in [2.05, 4.69) is 4.98 Å². The van der Waals surface area contributed by atoms with Gasteiger partial charge in [-0.3, -0.25) is 0 Å². The first-order valence-corrected chi connectivity index (χ1v) is 4.18. The Labute approximate surface area is 80.3 Å². The van der Waals surface area contributed by atoms with Gasteiger partial charge in [-0.05, 0) is 17.9 Å². The topological polar surface area (TPSA) is 107 Å². The number of hydrogen-bond donors (Lipinski definition) is 2. The summed E-state index contributed by atoms with van der Waals surface area (Å²) >= 11 is 0. The van der Waals surface area contributed by atoms with Crippen LogP contribution in [-0.2, 0) is 6.54 Å². The predicted molar refractivity (Wildman–Crippen MR) is 48.6 cm³/mol. The SMILES string of the molecule is NCCC(O)Cn1ccnc1[N+](=O)[O-]. The van der Waals surface area contributed by atoms with Gasteiger partial charge in [0.15, 0.2) is 0 Å². The van der Waals surface area contributed by atoms with E-state index in [4.69, 9.17) is 5.73 Å². The van der Waals surface area contributed by atoms with E-state index in [1.807, 2.05) is 0 Å². The Bertz CT molecular complexity index is 312. The average Bonchev–Trinajstić information content (AvgIpc) is 2.52. The molecule has 0 aromatic carbocycles. The van der Waals surface area contributed by atoms with Crippen molar-refractivity contribution in [3.05, 3.63) is 22.5 Å². The van der Waals surface area contributed by atoms with Crippen LogP contribution in [0.25, 0.3) is 0 Å². The van der Waals surface area contributed by atoms with Crippen molar-refractivity contribution in [2.24, 2.45) is 5.73 Å². The maximum atomic E-state index is 10.4. The fourth-order valence-electron chi connectivity index (χ4n) is 1.13. The molecule has 1 atom stereocenters. The van der Waals surface area contributed by atoms with Gasteiger partial charge >= 0.3 is 5.95 Å². The molecule has 0 amide bonds. The summed E-state index contributed by atoms with van der Waals surface area (Å²) in [5.74, 6) is -0.263. The zero-order chi connectivity index (χ0) is 10.6. The lowest BCUT2D eigenvalue weighted by Gasteiger charge is -2.07. The Morgan fingerprint density at radius 1 is 1.79 bits per heavy atom. The van der Waals surface area contributed by atoms with E-state index in [9.17, 15) is 15.2 Å². The van der Waals surface area contributed by atoms with Crippen LogP contribution in [0.1, 0.15) is 6.42 Å². The molecule has 0 aliphatic rings. The molecule has 3 N–H and O–H groups in total. The van der Waals surface area contributed by atoms with Gasteiger partial charge in [-0.1, -0.05) is 4.98 Å². The fraction of sp³-hybridized carbons (Fsp3) is 0.571. The summed E-state index contributed by atoms with van der Waals surface area (Å²) in [5, 5.41) is 19.8. The molecule has 1 aromatic rings. The lowest BCUT2D eigenvalue weighted by Crippen LogP contribution is -2.20. The molecule has 0 radical (unpaired) electrons. The predicted octanol–water partition coefficient (Wildman–Crippen LogP) is -0.499. The van der Waals surface area contributed by atoms with Crippen molar-refractivity contribution in [1.82, 2.24) is 9.55 Å². The van der Waals surface area contributed by atoms with Crippen LogP contribution in [0.4, 0.5) is 5.95 Å². The zero-order valence-corrected chi connectivity index (χ0v) is 7.54. The van der Waals surface area contributed by atoms with Crippen molar-refractivity contribution in [1.29, 1.82) is 0 Å². The number of rotatable bonds is 5. The highest BCUT2D eigenvalue weighted by molar-refractivity contribution is 5.06. The van der Waals surface area contributed by atoms with Gasteiger partial charge in [0.05, 0.1) is 12.6 Å². The van der Waals surface area contributed by atoms with E-state index in [0.29, 0.717) is 13.0 Å². The minimum atomic E-state index is -0.673. The first-order valence-electron chi connectivity index (χ1n) is 4.18. The summed E-state index contributed by atoms with van der Waals surface area (Å²) in [7, 11) is 0. The highest BCUT2D eigenvalue weighted by Crippen LogP contribution is 2.08. The van der Waals surface area contributed by atoms with Crippen molar-refractivity contribution in [3.8, 4) is 0 Å². The van der Waals surface area contributed by atoms with Gasteiger partial charge in [-0.25, -0.2) is 4.57 Å². The van der Waals surface area contributed by atoms with Gasteiger partial charge < -0.3 is 21.0 Å². The minimum Gasteiger partial charge on any atom is -0.390 e. The monoisotopic (exact) mass is 200 g/mol. The van der Waals surface area contributed by atoms with Gasteiger partial charge in [-0.15, -0.1) is 0 Å². The van der Waals surface area contributed by atoms with E-state index in [0.717, 1.165) is 0 Å². The zero-order valence-electron chi connectivity index (χ0n) is 7.54. The molecule has 0 aliphatic heterocycles. The van der Waals surface area contributed by atoms with Gasteiger partial charge in [0.25, 0.3) is 0 Å². The van der Waals surface area contributed by atoms with Crippen molar-refractivity contribution >= 4 is 5.95 Å². The maximum absolute atomic E-state index is 10.4. The van der Waals surface area contributed by atoms with E-state index in [-0.39, 0.29) is 12.5 Å². The van der Waals surface area contributed by atoms with Crippen LogP contribution in [0, 0.1) is 10.1 Å². The molecule has 1 heterocycles. The molecule has 0 saturated heterocycles. The van der Waals surface area contributed by atoms with Gasteiger partial charge in [0.2, 0.25) is 0 Å². The third-order valence-corrected chi connectivity index (χ3v) is 1.76. The number of aliphatic hydroxyl groups excluding tert-OH is 1. The largest absolute Gasteiger partial charge is 0.434 e. The quantitative estimate of drug-likeness (QED) is 0.492. The molecular formula is C7H12N4O3. The number of nitrogens with two attached hydrogens (primary N) is 1. The summed E-state index contributed by atoms with van der Waals surface area (Å²) < 4.78 is 1.29. The summed E-state index contributed by atoms with van der Waals surface area (Å²) in [4.78, 5) is 13.4. The Kier molecular flexibility index (Phi) is 3.55. The maximum Gasteiger partial charge on any atom is 0.434 e. The second kappa shape index (κ2) is 4.68. The third-order valence-electron chi connectivity index (χ3n) is 1.76. The van der Waals surface area contributed by atoms with Gasteiger partial charge in [0, 0.05) is 0 Å². The van der Waals surface area contributed by atoms with Crippen LogP contribution in [0.3, 0.4) is 0 Å². The number of imidazole rings is 1. The molecule has 78 valence electrons. The highest BCUT2D eigenvalue weighted by atomic mass is 16.6. The van der Waals surface area contributed by atoms with E-state index < -0.39 is 11.0 Å². The summed E-state index contributed by atoms with van der Waals surface area (Å²) in [6, 6.07) is 0. The summed E-state index contributed by atoms with van der Waals surface area (Å²) in [5.41, 5.74) is 5.24. The number of nitrogens with zero attached hydrogens (tertiary/aromatic N) is 3. The van der Waals surface area contributed by atoms with Crippen molar-refractivity contribution in [2.45, 2.75) is 19.1 Å². The van der Waals surface area contributed by atoms with Crippen molar-refractivity contribution in [2.75, 3.05) is 6.54 Å². The van der Waals surface area contributed by atoms with E-state index in [1.54, 1.807) is 0 Å². The molecule has 0 spiro atoms. The molecule has 0 aliphatic carbocycles. The van der Waals surface area contributed by atoms with Crippen molar-refractivity contribution < 1.29 is 10.0 Å². The van der Waals surface area contributed by atoms with E-state index >= 15 is 0 Å². The van der Waals surface area contributed by atoms with Crippen LogP contribution in [-0.4, -0.2) is 32.2 Å². The Morgan fingerprint density at radius 3 is 3.07 bits per heavy atom. The molecule has 1 rings (SSSR count). The molecule has 14 heavy (non-hydrogen) atoms. The molecular weight excluding hydrogens is 188 g/mol. The molecule has 0 fully saturated rings. The Hall–Kier alpha value is -1.47. The normalized spacial score (nSPS) is 12.7. The fourth-order valence-corrected chi connectivity index (χ4v) is 1.13. The molecule has 7 heteroatoms. The highest BCUT2D eigenvalue weighted by Gasteiger charge is 2.16. The average molecular weight is 200 g/mol. The standard InChI is InChI=1S/C7H12N4O3/c8-2-1-6(12)5-10-4-3-9-7(10)11(13)14/h3-4,6,12H,1-2,5,8H2. The van der Waals surface area contributed by atoms with Crippen molar-refractivity contribution in [3.63, 3.8) is 0 Å². The molecule has 1 unspecified atom stereocenters. The molecule has 0 saturated carbocycles. The van der Waals surface area contributed by atoms with Gasteiger partial charge in [0.1, 0.15) is 12.4 Å². The van der Waals surface area contributed by atoms with Crippen LogP contribution < -0.4 is 5.73 Å². The first kappa shape index (κ1) is 10.6. The lowest BCUT2D eigenvalue weighted by molar-refractivity contribution is -0.397. The first-order chi connectivity index (χ1) is 6.65. The minimum absolute atomic E-state index is 0.146. The Morgan fingerprint density at radius 2 is 2.50 bits per heavy atom. The van der Waals surface area contributed by atoms with E-state index in [1.165, 1.54) is 17.0 Å². The number of aromatic nitrogens is 2. The Balaban J connectivity index is 2.66. The second-order valence-electron chi connectivity index (χ2n) is 2.87. The van der Waals surface area contributed by atoms with Crippen LogP contribution in [0.5, 0.6) is 0 Å². The van der Waals surface area contributed by atoms with Crippen LogP contribution in [0.2, 0.25) is 0 Å². The third kappa shape index (κ3) is 2.51. The number of nitro groups is 1. The van der Waals surface area contributed by atoms with Crippen LogP contribution in [0.15, 0.2) is 12.4 Å². The van der Waals surface area contributed by atoms with Crippen LogP contribution >= 0.6 is 0 Å². The molecule has 1 aromatic heterocycles. The molecule has 0 bridgehead atoms. The second-order valence-corrected chi connectivity index (χ2v) is 2.87. The summed E-state index contributed by atoms with van der Waals surface area (Å²) in [6.07, 6.45) is 2.52. The summed E-state index contributed by atoms with van der Waals surface area (Å²) in [6.45, 7) is 0.497. The number of aliphatic hydroxyl groups is 1. The smallest absolute Gasteiger partial charge is 0.390 e. The molecule has 7 nitrogen and oxygen atoms in total. The lowest BCUT2D eigenvalue weighted by atomic mass is 10.2.